The zero-order valence-electron chi connectivity index (χ0n) is 14.1. The van der Waals surface area contributed by atoms with Crippen molar-refractivity contribution >= 4 is 23.1 Å². The van der Waals surface area contributed by atoms with Crippen LogP contribution in [0.2, 0.25) is 0 Å². The van der Waals surface area contributed by atoms with Crippen LogP contribution in [0, 0.1) is 23.5 Å². The van der Waals surface area contributed by atoms with E-state index >= 15 is 0 Å². The lowest BCUT2D eigenvalue weighted by atomic mass is 10.0. The highest BCUT2D eigenvalue weighted by atomic mass is 32.1. The second-order valence-corrected chi connectivity index (χ2v) is 5.93. The van der Waals surface area contributed by atoms with Crippen LogP contribution in [0.15, 0.2) is 41.4 Å². The number of hydrogen-bond acceptors (Lipinski definition) is 2. The molecule has 2 aromatic carbocycles. The first-order chi connectivity index (χ1) is 12.1. The van der Waals surface area contributed by atoms with Gasteiger partial charge in [0, 0.05) is 11.6 Å². The van der Waals surface area contributed by atoms with Crippen LogP contribution in [0.3, 0.4) is 0 Å². The first-order valence-corrected chi connectivity index (χ1v) is 8.72. The van der Waals surface area contributed by atoms with Crippen molar-refractivity contribution in [1.29, 1.82) is 0 Å². The molecule has 0 amide bonds. The largest absolute Gasteiger partial charge is 0.206 e. The molecule has 25 heavy (non-hydrogen) atoms. The average molecular weight is 355 g/mol. The summed E-state index contributed by atoms with van der Waals surface area (Å²) in [4.78, 5) is 3.47. The van der Waals surface area contributed by atoms with Crippen LogP contribution in [-0.2, 0) is 6.42 Å². The molecule has 0 unspecified atom stereocenters. The van der Waals surface area contributed by atoms with Crippen molar-refractivity contribution < 1.29 is 8.78 Å². The Morgan fingerprint density at radius 3 is 2.40 bits per heavy atom. The highest BCUT2D eigenvalue weighted by Gasteiger charge is 2.07. The highest BCUT2D eigenvalue weighted by molar-refractivity contribution is 7.78. The standard InChI is InChI=1S/C21H19F2NS/c1-2-3-4-5-6-16-7-9-17(10-8-16)11-12-18-13-20(23)21(24-15-25)14-19(18)22/h7-10,13-14H,2-6H2,1H3. The quantitative estimate of drug-likeness (QED) is 0.259. The molecule has 2 aromatic rings. The Morgan fingerprint density at radius 2 is 1.72 bits per heavy atom. The van der Waals surface area contributed by atoms with Crippen molar-refractivity contribution in [2.45, 2.75) is 39.0 Å². The number of thiocarbonyl (C=S) groups is 1. The zero-order chi connectivity index (χ0) is 18.1. The molecule has 1 nitrogen and oxygen atoms in total. The Bertz CT molecular complexity index is 825. The van der Waals surface area contributed by atoms with E-state index < -0.39 is 11.6 Å². The zero-order valence-corrected chi connectivity index (χ0v) is 14.9. The third-order valence-electron chi connectivity index (χ3n) is 3.82. The van der Waals surface area contributed by atoms with Gasteiger partial charge in [-0.15, -0.1) is 0 Å². The summed E-state index contributed by atoms with van der Waals surface area (Å²) in [5.74, 6) is 4.22. The molecule has 128 valence electrons. The molecule has 0 atom stereocenters. The third-order valence-corrected chi connectivity index (χ3v) is 3.91. The number of halogens is 2. The van der Waals surface area contributed by atoms with Gasteiger partial charge in [-0.1, -0.05) is 50.2 Å². The Labute approximate surface area is 152 Å². The van der Waals surface area contributed by atoms with E-state index in [9.17, 15) is 8.78 Å². The molecular formula is C21H19F2NS. The predicted octanol–water partition coefficient (Wildman–Crippen LogP) is 6.22. The van der Waals surface area contributed by atoms with E-state index in [-0.39, 0.29) is 11.3 Å². The van der Waals surface area contributed by atoms with Crippen LogP contribution < -0.4 is 0 Å². The van der Waals surface area contributed by atoms with Gasteiger partial charge in [-0.2, -0.15) is 4.99 Å². The van der Waals surface area contributed by atoms with Gasteiger partial charge >= 0.3 is 0 Å². The molecule has 0 saturated carbocycles. The van der Waals surface area contributed by atoms with Crippen molar-refractivity contribution in [2.24, 2.45) is 4.99 Å². The van der Waals surface area contributed by atoms with Crippen LogP contribution in [0.5, 0.6) is 0 Å². The topological polar surface area (TPSA) is 12.4 Å². The SMILES string of the molecule is CCCCCCc1ccc(C#Cc2cc(F)c(N=C=S)cc2F)cc1. The minimum absolute atomic E-state index is 0.00976. The maximum absolute atomic E-state index is 13.9. The molecule has 0 spiro atoms. The first kappa shape index (κ1) is 19.0. The minimum Gasteiger partial charge on any atom is -0.206 e. The molecule has 0 aliphatic carbocycles. The molecule has 0 N–H and O–H groups in total. The smallest absolute Gasteiger partial charge is 0.151 e. The number of nitrogens with zero attached hydrogens (tertiary/aromatic N) is 1. The normalized spacial score (nSPS) is 9.88. The van der Waals surface area contributed by atoms with Crippen molar-refractivity contribution in [3.63, 3.8) is 0 Å². The second kappa shape index (κ2) is 9.84. The number of hydrogen-bond donors (Lipinski definition) is 0. The van der Waals surface area contributed by atoms with Gasteiger partial charge in [0.15, 0.2) is 5.82 Å². The summed E-state index contributed by atoms with van der Waals surface area (Å²) in [6.07, 6.45) is 5.96. The Hall–Kier alpha value is -2.34. The van der Waals surface area contributed by atoms with Gasteiger partial charge in [-0.05, 0) is 48.8 Å². The van der Waals surface area contributed by atoms with E-state index in [0.717, 1.165) is 24.1 Å². The molecule has 0 fully saturated rings. The second-order valence-electron chi connectivity index (χ2n) is 5.74. The lowest BCUT2D eigenvalue weighted by Crippen LogP contribution is -1.88. The number of unbranched alkanes of at least 4 members (excludes halogenated alkanes) is 3. The van der Waals surface area contributed by atoms with Gasteiger partial charge in [-0.3, -0.25) is 0 Å². The molecule has 0 saturated heterocycles. The van der Waals surface area contributed by atoms with Gasteiger partial charge in [0.1, 0.15) is 11.5 Å². The molecule has 0 heterocycles. The Balaban J connectivity index is 2.08. The summed E-state index contributed by atoms with van der Waals surface area (Å²) in [6, 6.07) is 9.87. The highest BCUT2D eigenvalue weighted by Crippen LogP contribution is 2.21. The molecule has 0 bridgehead atoms. The summed E-state index contributed by atoms with van der Waals surface area (Å²) < 4.78 is 27.7. The molecule has 2 rings (SSSR count). The molecule has 4 heteroatoms. The number of aryl methyl sites for hydroxylation is 1. The Morgan fingerprint density at radius 1 is 0.960 bits per heavy atom. The molecule has 0 aliphatic rings. The fraction of sp³-hybridized carbons (Fsp3) is 0.286. The van der Waals surface area contributed by atoms with Crippen LogP contribution in [0.4, 0.5) is 14.5 Å². The molecule has 0 aromatic heterocycles. The number of benzene rings is 2. The third kappa shape index (κ3) is 5.90. The van der Waals surface area contributed by atoms with Gasteiger partial charge in [-0.25, -0.2) is 8.78 Å². The summed E-state index contributed by atoms with van der Waals surface area (Å²) in [7, 11) is 0. The average Bonchev–Trinajstić information content (AvgIpc) is 2.61. The van der Waals surface area contributed by atoms with Crippen molar-refractivity contribution in [3.05, 3.63) is 64.7 Å². The monoisotopic (exact) mass is 355 g/mol. The first-order valence-electron chi connectivity index (χ1n) is 8.32. The summed E-state index contributed by atoms with van der Waals surface area (Å²) in [6.45, 7) is 2.19. The fourth-order valence-corrected chi connectivity index (χ4v) is 2.52. The maximum atomic E-state index is 13.9. The maximum Gasteiger partial charge on any atom is 0.151 e. The molecule has 0 radical (unpaired) electrons. The van der Waals surface area contributed by atoms with Crippen LogP contribution in [0.25, 0.3) is 0 Å². The summed E-state index contributed by atoms with van der Waals surface area (Å²) in [5, 5.41) is 2.02. The van der Waals surface area contributed by atoms with Crippen molar-refractivity contribution in [1.82, 2.24) is 0 Å². The lowest BCUT2D eigenvalue weighted by Gasteiger charge is -2.01. The van der Waals surface area contributed by atoms with Crippen LogP contribution >= 0.6 is 12.2 Å². The van der Waals surface area contributed by atoms with Crippen molar-refractivity contribution in [2.75, 3.05) is 0 Å². The lowest BCUT2D eigenvalue weighted by molar-refractivity contribution is 0.599. The van der Waals surface area contributed by atoms with Gasteiger partial charge < -0.3 is 0 Å². The van der Waals surface area contributed by atoms with Gasteiger partial charge in [0.2, 0.25) is 0 Å². The van der Waals surface area contributed by atoms with Crippen LogP contribution in [-0.4, -0.2) is 5.16 Å². The number of rotatable bonds is 6. The van der Waals surface area contributed by atoms with E-state index in [2.05, 4.69) is 36.0 Å². The minimum atomic E-state index is -0.675. The predicted molar refractivity (Wildman–Crippen MR) is 101 cm³/mol. The van der Waals surface area contributed by atoms with E-state index in [1.54, 1.807) is 0 Å². The summed E-state index contributed by atoms with van der Waals surface area (Å²) in [5.41, 5.74) is 1.84. The fourth-order valence-electron chi connectivity index (χ4n) is 2.42. The number of isothiocyanates is 1. The van der Waals surface area contributed by atoms with E-state index in [1.807, 2.05) is 29.4 Å². The summed E-state index contributed by atoms with van der Waals surface area (Å²) >= 11 is 4.40. The molecule has 0 aliphatic heterocycles. The van der Waals surface area contributed by atoms with Gasteiger partial charge in [0.25, 0.3) is 0 Å². The van der Waals surface area contributed by atoms with Gasteiger partial charge in [0.05, 0.1) is 10.7 Å². The number of aliphatic imine (C=N–C) groups is 1. The van der Waals surface area contributed by atoms with Crippen LogP contribution in [0.1, 0.15) is 49.3 Å². The van der Waals surface area contributed by atoms with Crippen molar-refractivity contribution in [3.8, 4) is 11.8 Å². The van der Waals surface area contributed by atoms with E-state index in [1.165, 1.54) is 31.2 Å². The molecular weight excluding hydrogens is 336 g/mol. The Kier molecular flexibility index (Phi) is 7.47. The van der Waals surface area contributed by atoms with E-state index in [4.69, 9.17) is 0 Å². The van der Waals surface area contributed by atoms with E-state index in [0.29, 0.717) is 0 Å².